The maximum atomic E-state index is 12.7. The summed E-state index contributed by atoms with van der Waals surface area (Å²) in [7, 11) is -3.78. The zero-order valence-electron chi connectivity index (χ0n) is 17.6. The van der Waals surface area contributed by atoms with Gasteiger partial charge >= 0.3 is 6.03 Å². The summed E-state index contributed by atoms with van der Waals surface area (Å²) in [6, 6.07) is 12.2. The van der Waals surface area contributed by atoms with E-state index in [4.69, 9.17) is 9.88 Å². The topological polar surface area (TPSA) is 105 Å². The second-order valence-corrected chi connectivity index (χ2v) is 9.65. The molecule has 0 aromatic heterocycles. The zero-order chi connectivity index (χ0) is 22.0. The van der Waals surface area contributed by atoms with Gasteiger partial charge in [0.05, 0.1) is 17.5 Å². The number of amides is 2. The molecule has 1 saturated heterocycles. The van der Waals surface area contributed by atoms with Gasteiger partial charge in [0.2, 0.25) is 10.0 Å². The van der Waals surface area contributed by atoms with Gasteiger partial charge in [0, 0.05) is 39.1 Å². The Kier molecular flexibility index (Phi) is 6.17. The molecule has 166 valence electrons. The maximum absolute atomic E-state index is 12.7. The Bertz CT molecular complexity index is 1060. The molecule has 0 aliphatic carbocycles. The SMILES string of the molecule is CC(NC(=O)N1CCN(Cc2ccc3c(c2)CCO3)CC1)c1cccc(S(N)(=O)=O)c1. The van der Waals surface area contributed by atoms with Crippen LogP contribution in [0.25, 0.3) is 0 Å². The molecule has 0 saturated carbocycles. The van der Waals surface area contributed by atoms with Crippen molar-refractivity contribution in [2.45, 2.75) is 30.8 Å². The summed E-state index contributed by atoms with van der Waals surface area (Å²) >= 11 is 0. The Morgan fingerprint density at radius 1 is 1.16 bits per heavy atom. The van der Waals surface area contributed by atoms with Crippen LogP contribution in [-0.4, -0.2) is 57.0 Å². The number of urea groups is 1. The Morgan fingerprint density at radius 3 is 2.68 bits per heavy atom. The molecule has 4 rings (SSSR count). The fourth-order valence-electron chi connectivity index (χ4n) is 4.03. The molecule has 8 nitrogen and oxygen atoms in total. The van der Waals surface area contributed by atoms with Gasteiger partial charge in [-0.1, -0.05) is 24.3 Å². The number of nitrogens with one attached hydrogen (secondary N) is 1. The number of carbonyl (C=O) groups excluding carboxylic acids is 1. The van der Waals surface area contributed by atoms with Crippen molar-refractivity contribution in [1.29, 1.82) is 0 Å². The highest BCUT2D eigenvalue weighted by atomic mass is 32.2. The number of nitrogens with zero attached hydrogens (tertiary/aromatic N) is 2. The molecule has 1 unspecified atom stereocenters. The number of ether oxygens (including phenoxy) is 1. The van der Waals surface area contributed by atoms with E-state index in [0.717, 1.165) is 38.4 Å². The molecular weight excluding hydrogens is 416 g/mol. The minimum absolute atomic E-state index is 0.0397. The number of fused-ring (bicyclic) bond motifs is 1. The lowest BCUT2D eigenvalue weighted by molar-refractivity contribution is 0.133. The molecule has 0 spiro atoms. The third kappa shape index (κ3) is 5.17. The minimum Gasteiger partial charge on any atom is -0.493 e. The molecule has 0 radical (unpaired) electrons. The molecule has 3 N–H and O–H groups in total. The van der Waals surface area contributed by atoms with Crippen molar-refractivity contribution in [3.05, 3.63) is 59.2 Å². The van der Waals surface area contributed by atoms with Crippen LogP contribution in [0.4, 0.5) is 4.79 Å². The molecule has 2 aromatic rings. The van der Waals surface area contributed by atoms with E-state index in [1.54, 1.807) is 17.0 Å². The van der Waals surface area contributed by atoms with Crippen LogP contribution in [0, 0.1) is 0 Å². The highest BCUT2D eigenvalue weighted by Gasteiger charge is 2.23. The first-order valence-corrected chi connectivity index (χ1v) is 12.0. The number of sulfonamides is 1. The van der Waals surface area contributed by atoms with Crippen molar-refractivity contribution in [1.82, 2.24) is 15.1 Å². The number of rotatable bonds is 5. The predicted octanol–water partition coefficient (Wildman–Crippen LogP) is 1.86. The standard InChI is InChI=1S/C22H28N4O4S/c1-16(18-3-2-4-20(14-18)31(23,28)29)24-22(27)26-10-8-25(9-11-26)15-17-5-6-21-19(13-17)7-12-30-21/h2-6,13-14,16H,7-12,15H2,1H3,(H,24,27)(H2,23,28,29). The van der Waals surface area contributed by atoms with Crippen molar-refractivity contribution in [3.8, 4) is 5.75 Å². The normalized spacial score (nSPS) is 17.7. The third-order valence-corrected chi connectivity index (χ3v) is 6.76. The van der Waals surface area contributed by atoms with Gasteiger partial charge < -0.3 is 15.0 Å². The van der Waals surface area contributed by atoms with Gasteiger partial charge in [0.1, 0.15) is 5.75 Å². The summed E-state index contributed by atoms with van der Waals surface area (Å²) in [6.45, 7) is 6.34. The number of nitrogens with two attached hydrogens (primary N) is 1. The van der Waals surface area contributed by atoms with Crippen LogP contribution in [0.3, 0.4) is 0 Å². The molecule has 2 aromatic carbocycles. The first-order valence-electron chi connectivity index (χ1n) is 10.4. The molecule has 2 amide bonds. The minimum atomic E-state index is -3.78. The van der Waals surface area contributed by atoms with Crippen LogP contribution >= 0.6 is 0 Å². The van der Waals surface area contributed by atoms with E-state index in [1.807, 2.05) is 13.0 Å². The smallest absolute Gasteiger partial charge is 0.317 e. The van der Waals surface area contributed by atoms with Crippen molar-refractivity contribution >= 4 is 16.1 Å². The second kappa shape index (κ2) is 8.86. The van der Waals surface area contributed by atoms with Crippen molar-refractivity contribution in [2.24, 2.45) is 5.14 Å². The fourth-order valence-corrected chi connectivity index (χ4v) is 4.59. The van der Waals surface area contributed by atoms with Gasteiger partial charge in [0.15, 0.2) is 0 Å². The Hall–Kier alpha value is -2.62. The number of hydrogen-bond donors (Lipinski definition) is 2. The molecular formula is C22H28N4O4S. The van der Waals surface area contributed by atoms with Crippen LogP contribution in [0.5, 0.6) is 5.75 Å². The Labute approximate surface area is 183 Å². The summed E-state index contributed by atoms with van der Waals surface area (Å²) in [5.41, 5.74) is 3.24. The van der Waals surface area contributed by atoms with Crippen molar-refractivity contribution < 1.29 is 17.9 Å². The van der Waals surface area contributed by atoms with E-state index in [-0.39, 0.29) is 17.0 Å². The highest BCUT2D eigenvalue weighted by molar-refractivity contribution is 7.89. The van der Waals surface area contributed by atoms with Crippen LogP contribution in [0.15, 0.2) is 47.4 Å². The Balaban J connectivity index is 1.29. The van der Waals surface area contributed by atoms with E-state index in [2.05, 4.69) is 22.3 Å². The van der Waals surface area contributed by atoms with Gasteiger partial charge in [0.25, 0.3) is 0 Å². The van der Waals surface area contributed by atoms with Gasteiger partial charge in [-0.2, -0.15) is 0 Å². The lowest BCUT2D eigenvalue weighted by Crippen LogP contribution is -2.51. The predicted molar refractivity (Wildman–Crippen MR) is 117 cm³/mol. The van der Waals surface area contributed by atoms with Crippen LogP contribution in [0.2, 0.25) is 0 Å². The molecule has 1 fully saturated rings. The van der Waals surface area contributed by atoms with Crippen LogP contribution in [-0.2, 0) is 23.0 Å². The number of benzene rings is 2. The van der Waals surface area contributed by atoms with Gasteiger partial charge in [-0.05, 0) is 41.8 Å². The number of primary sulfonamides is 1. The monoisotopic (exact) mass is 444 g/mol. The lowest BCUT2D eigenvalue weighted by atomic mass is 10.1. The summed E-state index contributed by atoms with van der Waals surface area (Å²) in [5, 5.41) is 8.16. The highest BCUT2D eigenvalue weighted by Crippen LogP contribution is 2.26. The van der Waals surface area contributed by atoms with E-state index >= 15 is 0 Å². The average molecular weight is 445 g/mol. The largest absolute Gasteiger partial charge is 0.493 e. The van der Waals surface area contributed by atoms with E-state index in [0.29, 0.717) is 18.7 Å². The molecule has 1 atom stereocenters. The number of piperazine rings is 1. The molecule has 2 aliphatic rings. The van der Waals surface area contributed by atoms with Crippen LogP contribution < -0.4 is 15.2 Å². The average Bonchev–Trinajstić information content (AvgIpc) is 3.21. The molecule has 2 aliphatic heterocycles. The number of hydrogen-bond acceptors (Lipinski definition) is 5. The number of carbonyl (C=O) groups is 1. The van der Waals surface area contributed by atoms with E-state index < -0.39 is 10.0 Å². The van der Waals surface area contributed by atoms with E-state index in [1.165, 1.54) is 23.3 Å². The molecule has 9 heteroatoms. The molecule has 31 heavy (non-hydrogen) atoms. The third-order valence-electron chi connectivity index (χ3n) is 5.85. The maximum Gasteiger partial charge on any atom is 0.317 e. The van der Waals surface area contributed by atoms with Crippen LogP contribution in [0.1, 0.15) is 29.7 Å². The quantitative estimate of drug-likeness (QED) is 0.732. The molecule has 0 bridgehead atoms. The second-order valence-electron chi connectivity index (χ2n) is 8.09. The molecule has 2 heterocycles. The van der Waals surface area contributed by atoms with Crippen molar-refractivity contribution in [3.63, 3.8) is 0 Å². The van der Waals surface area contributed by atoms with Gasteiger partial charge in [-0.3, -0.25) is 4.90 Å². The summed E-state index contributed by atoms with van der Waals surface area (Å²) in [5.74, 6) is 0.994. The fraction of sp³-hybridized carbons (Fsp3) is 0.409. The van der Waals surface area contributed by atoms with Gasteiger partial charge in [-0.25, -0.2) is 18.4 Å². The van der Waals surface area contributed by atoms with Gasteiger partial charge in [-0.15, -0.1) is 0 Å². The first kappa shape index (κ1) is 21.6. The Morgan fingerprint density at radius 2 is 1.94 bits per heavy atom. The summed E-state index contributed by atoms with van der Waals surface area (Å²) in [6.07, 6.45) is 0.968. The summed E-state index contributed by atoms with van der Waals surface area (Å²) in [4.78, 5) is 16.9. The van der Waals surface area contributed by atoms with Crippen molar-refractivity contribution in [2.75, 3.05) is 32.8 Å². The zero-order valence-corrected chi connectivity index (χ0v) is 18.4. The summed E-state index contributed by atoms with van der Waals surface area (Å²) < 4.78 is 28.7. The lowest BCUT2D eigenvalue weighted by Gasteiger charge is -2.35. The first-order chi connectivity index (χ1) is 14.8. The van der Waals surface area contributed by atoms with E-state index in [9.17, 15) is 13.2 Å².